The first kappa shape index (κ1) is 15.1. The molecule has 112 valence electrons. The molecule has 0 bridgehead atoms. The molecule has 1 atom stereocenters. The molecule has 2 aromatic carbocycles. The second kappa shape index (κ2) is 6.15. The fraction of sp³-hybridized carbons (Fsp3) is 0.200. The van der Waals surface area contributed by atoms with Crippen molar-refractivity contribution >= 4 is 11.8 Å². The van der Waals surface area contributed by atoms with E-state index >= 15 is 0 Å². The molecule has 22 heavy (non-hydrogen) atoms. The summed E-state index contributed by atoms with van der Waals surface area (Å²) in [6, 6.07) is 15.1. The summed E-state index contributed by atoms with van der Waals surface area (Å²) in [6.07, 6.45) is 9.19. The van der Waals surface area contributed by atoms with Crippen molar-refractivity contribution < 1.29 is 0 Å². The molecule has 0 heterocycles. The van der Waals surface area contributed by atoms with E-state index in [4.69, 9.17) is 5.73 Å². The first-order valence-electron chi connectivity index (χ1n) is 7.56. The van der Waals surface area contributed by atoms with Gasteiger partial charge in [-0.15, -0.1) is 0 Å². The highest BCUT2D eigenvalue weighted by atomic mass is 32.2. The van der Waals surface area contributed by atoms with E-state index in [-0.39, 0.29) is 0 Å². The summed E-state index contributed by atoms with van der Waals surface area (Å²) in [7, 11) is 0. The van der Waals surface area contributed by atoms with Crippen LogP contribution in [0.3, 0.4) is 0 Å². The van der Waals surface area contributed by atoms with Crippen LogP contribution in [0.1, 0.15) is 23.1 Å². The molecule has 0 amide bonds. The van der Waals surface area contributed by atoms with Crippen LogP contribution >= 0.6 is 11.8 Å². The van der Waals surface area contributed by atoms with Crippen molar-refractivity contribution in [3.63, 3.8) is 0 Å². The quantitative estimate of drug-likeness (QED) is 0.851. The summed E-state index contributed by atoms with van der Waals surface area (Å²) in [5.41, 5.74) is 10.0. The SMILES string of the molecule is Cc1ccc(Sc2ccccc2C2(N)C=CC=CC2)c(C)c1. The van der Waals surface area contributed by atoms with E-state index in [0.717, 1.165) is 6.42 Å². The molecule has 0 aromatic heterocycles. The van der Waals surface area contributed by atoms with Crippen LogP contribution < -0.4 is 5.73 Å². The van der Waals surface area contributed by atoms with Gasteiger partial charge in [-0.2, -0.15) is 0 Å². The summed E-state index contributed by atoms with van der Waals surface area (Å²) in [6.45, 7) is 4.29. The summed E-state index contributed by atoms with van der Waals surface area (Å²) in [5, 5.41) is 0. The minimum absolute atomic E-state index is 0.406. The van der Waals surface area contributed by atoms with Gasteiger partial charge in [0.15, 0.2) is 0 Å². The van der Waals surface area contributed by atoms with E-state index < -0.39 is 5.54 Å². The lowest BCUT2D eigenvalue weighted by molar-refractivity contribution is 0.555. The van der Waals surface area contributed by atoms with Gasteiger partial charge in [0, 0.05) is 9.79 Å². The smallest absolute Gasteiger partial charge is 0.0644 e. The monoisotopic (exact) mass is 307 g/mol. The fourth-order valence-electron chi connectivity index (χ4n) is 2.81. The third-order valence-electron chi connectivity index (χ3n) is 4.04. The zero-order valence-corrected chi connectivity index (χ0v) is 13.9. The van der Waals surface area contributed by atoms with E-state index in [0.29, 0.717) is 0 Å². The van der Waals surface area contributed by atoms with Gasteiger partial charge in [-0.1, -0.05) is 72.0 Å². The molecule has 0 saturated heterocycles. The Balaban J connectivity index is 1.98. The molecule has 0 spiro atoms. The molecule has 2 heteroatoms. The van der Waals surface area contributed by atoms with Gasteiger partial charge in [0.25, 0.3) is 0 Å². The maximum absolute atomic E-state index is 6.65. The molecule has 1 nitrogen and oxygen atoms in total. The molecule has 0 saturated carbocycles. The molecule has 1 aliphatic carbocycles. The van der Waals surface area contributed by atoms with Crippen molar-refractivity contribution in [2.45, 2.75) is 35.6 Å². The summed E-state index contributed by atoms with van der Waals surface area (Å²) < 4.78 is 0. The predicted octanol–water partition coefficient (Wildman–Crippen LogP) is 5.12. The molecule has 1 aliphatic rings. The van der Waals surface area contributed by atoms with E-state index in [1.807, 2.05) is 6.08 Å². The molecule has 2 N–H and O–H groups in total. The summed E-state index contributed by atoms with van der Waals surface area (Å²) >= 11 is 1.80. The van der Waals surface area contributed by atoms with Crippen molar-refractivity contribution in [3.8, 4) is 0 Å². The van der Waals surface area contributed by atoms with Crippen LogP contribution in [0.4, 0.5) is 0 Å². The average molecular weight is 307 g/mol. The minimum atomic E-state index is -0.406. The number of hydrogen-bond donors (Lipinski definition) is 1. The topological polar surface area (TPSA) is 26.0 Å². The second-order valence-corrected chi connectivity index (χ2v) is 6.98. The van der Waals surface area contributed by atoms with E-state index in [9.17, 15) is 0 Å². The largest absolute Gasteiger partial charge is 0.318 e. The van der Waals surface area contributed by atoms with Crippen molar-refractivity contribution in [1.29, 1.82) is 0 Å². The summed E-state index contributed by atoms with van der Waals surface area (Å²) in [5.74, 6) is 0. The van der Waals surface area contributed by atoms with Crippen LogP contribution in [-0.4, -0.2) is 0 Å². The first-order chi connectivity index (χ1) is 10.6. The third-order valence-corrected chi connectivity index (χ3v) is 5.29. The summed E-state index contributed by atoms with van der Waals surface area (Å²) in [4.78, 5) is 2.52. The lowest BCUT2D eigenvalue weighted by Crippen LogP contribution is -2.35. The van der Waals surface area contributed by atoms with Crippen molar-refractivity contribution in [2.24, 2.45) is 5.73 Å². The van der Waals surface area contributed by atoms with Gasteiger partial charge in [0.2, 0.25) is 0 Å². The van der Waals surface area contributed by atoms with Crippen LogP contribution in [0.15, 0.2) is 76.6 Å². The van der Waals surface area contributed by atoms with Crippen molar-refractivity contribution in [3.05, 3.63) is 83.5 Å². The van der Waals surface area contributed by atoms with Crippen LogP contribution in [0, 0.1) is 13.8 Å². The number of aryl methyl sites for hydroxylation is 2. The molecular formula is C20H21NS. The molecule has 1 unspecified atom stereocenters. The number of hydrogen-bond acceptors (Lipinski definition) is 2. The zero-order valence-electron chi connectivity index (χ0n) is 13.0. The van der Waals surface area contributed by atoms with Gasteiger partial charge in [-0.25, -0.2) is 0 Å². The minimum Gasteiger partial charge on any atom is -0.318 e. The molecular weight excluding hydrogens is 286 g/mol. The lowest BCUT2D eigenvalue weighted by Gasteiger charge is -2.29. The third kappa shape index (κ3) is 3.03. The molecule has 0 aliphatic heterocycles. The van der Waals surface area contributed by atoms with Gasteiger partial charge >= 0.3 is 0 Å². The Kier molecular flexibility index (Phi) is 4.23. The Morgan fingerprint density at radius 1 is 1.00 bits per heavy atom. The average Bonchev–Trinajstić information content (AvgIpc) is 2.51. The van der Waals surface area contributed by atoms with Gasteiger partial charge < -0.3 is 5.73 Å². The standard InChI is InChI=1S/C20H21NS/c1-15-10-11-18(16(2)14-15)22-19-9-5-4-8-17(19)20(21)12-6-3-7-13-20/h3-12,14H,13,21H2,1-2H3. The van der Waals surface area contributed by atoms with E-state index in [1.54, 1.807) is 11.8 Å². The maximum atomic E-state index is 6.65. The highest BCUT2D eigenvalue weighted by molar-refractivity contribution is 7.99. The van der Waals surface area contributed by atoms with Crippen molar-refractivity contribution in [1.82, 2.24) is 0 Å². The van der Waals surface area contributed by atoms with Gasteiger partial charge in [0.05, 0.1) is 5.54 Å². The normalized spacial score (nSPS) is 20.3. The number of nitrogens with two attached hydrogens (primary N) is 1. The molecule has 0 fully saturated rings. The maximum Gasteiger partial charge on any atom is 0.0644 e. The highest BCUT2D eigenvalue weighted by Crippen LogP contribution is 2.38. The van der Waals surface area contributed by atoms with E-state index in [2.05, 4.69) is 74.5 Å². The first-order valence-corrected chi connectivity index (χ1v) is 8.38. The number of rotatable bonds is 3. The molecule has 2 aromatic rings. The van der Waals surface area contributed by atoms with Crippen LogP contribution in [0.2, 0.25) is 0 Å². The Bertz CT molecular complexity index is 745. The second-order valence-electron chi connectivity index (χ2n) is 5.90. The Labute approximate surface area is 136 Å². The van der Waals surface area contributed by atoms with Gasteiger partial charge in [-0.05, 0) is 43.5 Å². The lowest BCUT2D eigenvalue weighted by atomic mass is 9.85. The zero-order chi connectivity index (χ0) is 15.6. The number of benzene rings is 2. The van der Waals surface area contributed by atoms with Crippen LogP contribution in [-0.2, 0) is 5.54 Å². The number of allylic oxidation sites excluding steroid dienone is 2. The predicted molar refractivity (Wildman–Crippen MR) is 95.2 cm³/mol. The molecule has 0 radical (unpaired) electrons. The Hall–Kier alpha value is -1.77. The van der Waals surface area contributed by atoms with Crippen LogP contribution in [0.5, 0.6) is 0 Å². The van der Waals surface area contributed by atoms with Gasteiger partial charge in [-0.3, -0.25) is 0 Å². The van der Waals surface area contributed by atoms with E-state index in [1.165, 1.54) is 26.5 Å². The highest BCUT2D eigenvalue weighted by Gasteiger charge is 2.26. The fourth-order valence-corrected chi connectivity index (χ4v) is 3.92. The van der Waals surface area contributed by atoms with Gasteiger partial charge in [0.1, 0.15) is 0 Å². The Morgan fingerprint density at radius 2 is 1.82 bits per heavy atom. The van der Waals surface area contributed by atoms with Crippen molar-refractivity contribution in [2.75, 3.05) is 0 Å². The van der Waals surface area contributed by atoms with Crippen LogP contribution in [0.25, 0.3) is 0 Å². The Morgan fingerprint density at radius 3 is 2.55 bits per heavy atom. The molecule has 3 rings (SSSR count).